The van der Waals surface area contributed by atoms with Gasteiger partial charge in [-0.25, -0.2) is 0 Å². The number of nitrogens with zero attached hydrogens (tertiary/aromatic N) is 2. The normalized spacial score (nSPS) is 10.7. The highest BCUT2D eigenvalue weighted by molar-refractivity contribution is 7.13. The van der Waals surface area contributed by atoms with Gasteiger partial charge in [0, 0.05) is 19.4 Å². The van der Waals surface area contributed by atoms with Crippen molar-refractivity contribution in [3.63, 3.8) is 0 Å². The molecule has 0 fully saturated rings. The lowest BCUT2D eigenvalue weighted by atomic mass is 10.2. The van der Waals surface area contributed by atoms with Crippen LogP contribution in [0.2, 0.25) is 0 Å². The van der Waals surface area contributed by atoms with E-state index in [1.54, 1.807) is 11.3 Å². The molecule has 4 aromatic rings. The summed E-state index contributed by atoms with van der Waals surface area (Å²) >= 11 is 1.57. The Morgan fingerprint density at radius 2 is 1.84 bits per heavy atom. The van der Waals surface area contributed by atoms with E-state index in [9.17, 15) is 4.79 Å². The van der Waals surface area contributed by atoms with Gasteiger partial charge in [-0.3, -0.25) is 4.79 Å². The number of rotatable bonds is 10. The Balaban J connectivity index is 1.15. The molecule has 4 rings (SSSR count). The maximum absolute atomic E-state index is 12.1. The SMILES string of the molecule is O=C(CCCc1nc(-c2cccs2)no1)NCc1ccc(OCc2ccccc2)cc1. The largest absolute Gasteiger partial charge is 0.489 e. The van der Waals surface area contributed by atoms with Gasteiger partial charge in [0.15, 0.2) is 0 Å². The minimum atomic E-state index is 0.00222. The molecular formula is C24H23N3O3S. The van der Waals surface area contributed by atoms with Crippen LogP contribution >= 0.6 is 11.3 Å². The summed E-state index contributed by atoms with van der Waals surface area (Å²) in [5.74, 6) is 1.97. The average molecular weight is 434 g/mol. The molecule has 0 spiro atoms. The zero-order valence-corrected chi connectivity index (χ0v) is 17.8. The molecule has 6 nitrogen and oxygen atoms in total. The lowest BCUT2D eigenvalue weighted by Crippen LogP contribution is -2.22. The van der Waals surface area contributed by atoms with Gasteiger partial charge in [0.05, 0.1) is 4.88 Å². The minimum absolute atomic E-state index is 0.00222. The number of aromatic nitrogens is 2. The van der Waals surface area contributed by atoms with Gasteiger partial charge < -0.3 is 14.6 Å². The molecule has 0 unspecified atom stereocenters. The van der Waals surface area contributed by atoms with Crippen LogP contribution < -0.4 is 10.1 Å². The summed E-state index contributed by atoms with van der Waals surface area (Å²) < 4.78 is 11.0. The quantitative estimate of drug-likeness (QED) is 0.380. The Morgan fingerprint density at radius 3 is 2.61 bits per heavy atom. The standard InChI is InChI=1S/C24H23N3O3S/c28-22(9-4-10-23-26-24(27-30-23)21-8-5-15-31-21)25-16-18-11-13-20(14-12-18)29-17-19-6-2-1-3-7-19/h1-3,5-8,11-15H,4,9-10,16-17H2,(H,25,28). The summed E-state index contributed by atoms with van der Waals surface area (Å²) in [5, 5.41) is 8.90. The first-order valence-electron chi connectivity index (χ1n) is 10.1. The molecule has 1 amide bonds. The summed E-state index contributed by atoms with van der Waals surface area (Å²) in [6.45, 7) is 1.02. The zero-order valence-electron chi connectivity index (χ0n) is 17.0. The summed E-state index contributed by atoms with van der Waals surface area (Å²) in [6, 6.07) is 21.7. The van der Waals surface area contributed by atoms with Crippen LogP contribution in [0.25, 0.3) is 10.7 Å². The van der Waals surface area contributed by atoms with Crippen LogP contribution in [0.5, 0.6) is 5.75 Å². The van der Waals surface area contributed by atoms with Gasteiger partial charge in [-0.15, -0.1) is 11.3 Å². The molecule has 0 aliphatic heterocycles. The Kier molecular flexibility index (Phi) is 7.08. The molecule has 0 bridgehead atoms. The van der Waals surface area contributed by atoms with E-state index in [4.69, 9.17) is 9.26 Å². The highest BCUT2D eigenvalue weighted by atomic mass is 32.1. The highest BCUT2D eigenvalue weighted by Crippen LogP contribution is 2.21. The fraction of sp³-hybridized carbons (Fsp3) is 0.208. The number of hydrogen-bond acceptors (Lipinski definition) is 6. The lowest BCUT2D eigenvalue weighted by Gasteiger charge is -2.08. The first-order valence-corrected chi connectivity index (χ1v) is 11.0. The third-order valence-electron chi connectivity index (χ3n) is 4.67. The second-order valence-electron chi connectivity index (χ2n) is 7.04. The van der Waals surface area contributed by atoms with Crippen LogP contribution in [0.15, 0.2) is 76.6 Å². The molecule has 31 heavy (non-hydrogen) atoms. The van der Waals surface area contributed by atoms with Gasteiger partial charge in [-0.2, -0.15) is 4.98 Å². The predicted octanol–water partition coefficient (Wildman–Crippen LogP) is 5.02. The fourth-order valence-corrected chi connectivity index (χ4v) is 3.65. The average Bonchev–Trinajstić information content (AvgIpc) is 3.50. The molecule has 0 aliphatic carbocycles. The number of aryl methyl sites for hydroxylation is 1. The first kappa shape index (κ1) is 20.8. The summed E-state index contributed by atoms with van der Waals surface area (Å²) in [4.78, 5) is 17.5. The van der Waals surface area contributed by atoms with Crippen LogP contribution in [-0.4, -0.2) is 16.0 Å². The summed E-state index contributed by atoms with van der Waals surface area (Å²) in [7, 11) is 0. The highest BCUT2D eigenvalue weighted by Gasteiger charge is 2.10. The smallest absolute Gasteiger partial charge is 0.226 e. The topological polar surface area (TPSA) is 77.2 Å². The molecule has 158 valence electrons. The molecule has 0 radical (unpaired) electrons. The monoisotopic (exact) mass is 433 g/mol. The first-order chi connectivity index (χ1) is 15.3. The number of thiophene rings is 1. The number of hydrogen-bond donors (Lipinski definition) is 1. The van der Waals surface area contributed by atoms with E-state index in [0.29, 0.717) is 44.1 Å². The van der Waals surface area contributed by atoms with E-state index in [0.717, 1.165) is 21.8 Å². The lowest BCUT2D eigenvalue weighted by molar-refractivity contribution is -0.121. The number of carbonyl (C=O) groups is 1. The second-order valence-corrected chi connectivity index (χ2v) is 7.99. The Bertz CT molecular complexity index is 1080. The molecule has 1 N–H and O–H groups in total. The van der Waals surface area contributed by atoms with E-state index in [1.165, 1.54) is 0 Å². The number of nitrogens with one attached hydrogen (secondary N) is 1. The van der Waals surface area contributed by atoms with Gasteiger partial charge in [0.1, 0.15) is 12.4 Å². The van der Waals surface area contributed by atoms with E-state index in [2.05, 4.69) is 15.5 Å². The van der Waals surface area contributed by atoms with Gasteiger partial charge in [-0.05, 0) is 41.1 Å². The van der Waals surface area contributed by atoms with E-state index in [1.807, 2.05) is 72.1 Å². The van der Waals surface area contributed by atoms with E-state index >= 15 is 0 Å². The maximum atomic E-state index is 12.1. The molecule has 0 atom stereocenters. The Morgan fingerprint density at radius 1 is 1.00 bits per heavy atom. The van der Waals surface area contributed by atoms with Crippen molar-refractivity contribution in [3.8, 4) is 16.5 Å². The zero-order chi connectivity index (χ0) is 21.3. The number of amides is 1. The Hall–Kier alpha value is -3.45. The van der Waals surface area contributed by atoms with Crippen molar-refractivity contribution in [3.05, 3.63) is 89.1 Å². The van der Waals surface area contributed by atoms with Crippen LogP contribution in [0.3, 0.4) is 0 Å². The summed E-state index contributed by atoms with van der Waals surface area (Å²) in [6.07, 6.45) is 1.65. The number of carbonyl (C=O) groups excluding carboxylic acids is 1. The third-order valence-corrected chi connectivity index (χ3v) is 5.53. The number of benzene rings is 2. The van der Waals surface area contributed by atoms with Crippen molar-refractivity contribution in [1.82, 2.24) is 15.5 Å². The summed E-state index contributed by atoms with van der Waals surface area (Å²) in [5.41, 5.74) is 2.15. The van der Waals surface area contributed by atoms with Gasteiger partial charge in [0.2, 0.25) is 17.6 Å². The van der Waals surface area contributed by atoms with Crippen LogP contribution in [0, 0.1) is 0 Å². The predicted molar refractivity (Wildman–Crippen MR) is 120 cm³/mol. The minimum Gasteiger partial charge on any atom is -0.489 e. The van der Waals surface area contributed by atoms with Crippen molar-refractivity contribution in [1.29, 1.82) is 0 Å². The van der Waals surface area contributed by atoms with Crippen LogP contribution in [0.4, 0.5) is 0 Å². The molecule has 0 saturated carbocycles. The molecule has 0 saturated heterocycles. The van der Waals surface area contributed by atoms with E-state index in [-0.39, 0.29) is 5.91 Å². The van der Waals surface area contributed by atoms with Crippen LogP contribution in [0.1, 0.15) is 29.9 Å². The molecule has 2 heterocycles. The van der Waals surface area contributed by atoms with Crippen molar-refractivity contribution in [2.45, 2.75) is 32.4 Å². The molecular weight excluding hydrogens is 410 g/mol. The fourth-order valence-electron chi connectivity index (χ4n) is 3.00. The maximum Gasteiger partial charge on any atom is 0.226 e. The van der Waals surface area contributed by atoms with Crippen LogP contribution in [-0.2, 0) is 24.4 Å². The van der Waals surface area contributed by atoms with Gasteiger partial charge in [-0.1, -0.05) is 53.7 Å². The number of ether oxygens (including phenoxy) is 1. The van der Waals surface area contributed by atoms with Crippen molar-refractivity contribution in [2.75, 3.05) is 0 Å². The third kappa shape index (κ3) is 6.26. The molecule has 2 aromatic heterocycles. The van der Waals surface area contributed by atoms with Gasteiger partial charge >= 0.3 is 0 Å². The van der Waals surface area contributed by atoms with Crippen molar-refractivity contribution in [2.24, 2.45) is 0 Å². The molecule has 0 aliphatic rings. The molecule has 7 heteroatoms. The van der Waals surface area contributed by atoms with Crippen molar-refractivity contribution < 1.29 is 14.1 Å². The van der Waals surface area contributed by atoms with E-state index < -0.39 is 0 Å². The molecule has 2 aromatic carbocycles. The Labute approximate surface area is 184 Å². The van der Waals surface area contributed by atoms with Gasteiger partial charge in [0.25, 0.3) is 0 Å². The van der Waals surface area contributed by atoms with Crippen molar-refractivity contribution >= 4 is 17.2 Å². The second kappa shape index (κ2) is 10.5.